The summed E-state index contributed by atoms with van der Waals surface area (Å²) in [5.41, 5.74) is 1.86. The fourth-order valence-corrected chi connectivity index (χ4v) is 3.27. The summed E-state index contributed by atoms with van der Waals surface area (Å²) in [6.45, 7) is 2.37. The van der Waals surface area contributed by atoms with Crippen molar-refractivity contribution in [3.8, 4) is 5.75 Å². The van der Waals surface area contributed by atoms with Gasteiger partial charge in [-0.15, -0.1) is 0 Å². The van der Waals surface area contributed by atoms with E-state index in [9.17, 15) is 9.59 Å². The second-order valence-corrected chi connectivity index (χ2v) is 6.97. The zero-order chi connectivity index (χ0) is 19.9. The van der Waals surface area contributed by atoms with Gasteiger partial charge in [-0.05, 0) is 35.9 Å². The van der Waals surface area contributed by atoms with Crippen molar-refractivity contribution in [1.29, 1.82) is 0 Å². The van der Waals surface area contributed by atoms with Gasteiger partial charge in [0.15, 0.2) is 6.61 Å². The smallest absolute Gasteiger partial charge is 0.310 e. The van der Waals surface area contributed by atoms with Crippen LogP contribution in [0.4, 0.5) is 5.69 Å². The predicted octanol–water partition coefficient (Wildman–Crippen LogP) is 2.78. The number of piperazine rings is 1. The van der Waals surface area contributed by atoms with E-state index in [4.69, 9.17) is 21.1 Å². The minimum atomic E-state index is -0.420. The maximum Gasteiger partial charge on any atom is 0.310 e. The molecule has 1 aliphatic heterocycles. The number of hydrogen-bond donors (Lipinski definition) is 0. The largest absolute Gasteiger partial charge is 0.497 e. The molecule has 0 spiro atoms. The molecule has 0 radical (unpaired) electrons. The average Bonchev–Trinajstić information content (AvgIpc) is 2.72. The molecule has 0 atom stereocenters. The summed E-state index contributed by atoms with van der Waals surface area (Å²) < 4.78 is 10.2. The number of nitrogens with zero attached hydrogens (tertiary/aromatic N) is 2. The van der Waals surface area contributed by atoms with E-state index >= 15 is 0 Å². The lowest BCUT2D eigenvalue weighted by molar-refractivity contribution is -0.151. The average molecular weight is 403 g/mol. The number of benzene rings is 2. The standard InChI is InChI=1S/C21H23ClN2O4/c1-27-19-7-5-16(6-8-19)13-21(26)28-15-20(25)24-11-9-23(10-12-24)18-4-2-3-17(22)14-18/h2-8,14H,9-13,15H2,1H3. The molecular formula is C21H23ClN2O4. The van der Waals surface area contributed by atoms with E-state index in [1.165, 1.54) is 0 Å². The molecular weight excluding hydrogens is 380 g/mol. The molecule has 1 saturated heterocycles. The number of anilines is 1. The predicted molar refractivity (Wildman–Crippen MR) is 108 cm³/mol. The molecule has 1 amide bonds. The van der Waals surface area contributed by atoms with Crippen LogP contribution < -0.4 is 9.64 Å². The monoisotopic (exact) mass is 402 g/mol. The van der Waals surface area contributed by atoms with Gasteiger partial charge < -0.3 is 19.3 Å². The molecule has 1 fully saturated rings. The Kier molecular flexibility index (Phi) is 6.76. The third kappa shape index (κ3) is 5.39. The number of carbonyl (C=O) groups is 2. The number of halogens is 1. The van der Waals surface area contributed by atoms with Gasteiger partial charge in [-0.2, -0.15) is 0 Å². The number of esters is 1. The van der Waals surface area contributed by atoms with Crippen molar-refractivity contribution >= 4 is 29.2 Å². The SMILES string of the molecule is COc1ccc(CC(=O)OCC(=O)N2CCN(c3cccc(Cl)c3)CC2)cc1. The fraction of sp³-hybridized carbons (Fsp3) is 0.333. The third-order valence-electron chi connectivity index (χ3n) is 4.67. The minimum Gasteiger partial charge on any atom is -0.497 e. The summed E-state index contributed by atoms with van der Waals surface area (Å²) >= 11 is 6.04. The van der Waals surface area contributed by atoms with Gasteiger partial charge in [-0.1, -0.05) is 29.8 Å². The first-order valence-corrected chi connectivity index (χ1v) is 9.50. The highest BCUT2D eigenvalue weighted by molar-refractivity contribution is 6.30. The Labute approximate surface area is 169 Å². The molecule has 2 aromatic carbocycles. The van der Waals surface area contributed by atoms with Crippen LogP contribution in [0.25, 0.3) is 0 Å². The number of ether oxygens (including phenoxy) is 2. The highest BCUT2D eigenvalue weighted by atomic mass is 35.5. The molecule has 0 unspecified atom stereocenters. The van der Waals surface area contributed by atoms with Gasteiger partial charge in [0.05, 0.1) is 13.5 Å². The van der Waals surface area contributed by atoms with E-state index in [0.29, 0.717) is 31.2 Å². The van der Waals surface area contributed by atoms with Crippen molar-refractivity contribution in [1.82, 2.24) is 4.90 Å². The Hall–Kier alpha value is -2.73. The van der Waals surface area contributed by atoms with Gasteiger partial charge in [-0.3, -0.25) is 9.59 Å². The second kappa shape index (κ2) is 9.46. The van der Waals surface area contributed by atoms with Gasteiger partial charge in [0.2, 0.25) is 0 Å². The summed E-state index contributed by atoms with van der Waals surface area (Å²) in [7, 11) is 1.59. The summed E-state index contributed by atoms with van der Waals surface area (Å²) in [5, 5.41) is 0.694. The summed E-state index contributed by atoms with van der Waals surface area (Å²) in [6.07, 6.45) is 0.125. The number of carbonyl (C=O) groups excluding carboxylic acids is 2. The van der Waals surface area contributed by atoms with Crippen LogP contribution in [-0.4, -0.2) is 56.7 Å². The normalized spacial score (nSPS) is 13.9. The van der Waals surface area contributed by atoms with Gasteiger partial charge in [-0.25, -0.2) is 0 Å². The van der Waals surface area contributed by atoms with Crippen LogP contribution in [0, 0.1) is 0 Å². The number of amides is 1. The van der Waals surface area contributed by atoms with E-state index in [-0.39, 0.29) is 18.9 Å². The van der Waals surface area contributed by atoms with E-state index in [2.05, 4.69) is 4.90 Å². The lowest BCUT2D eigenvalue weighted by Gasteiger charge is -2.36. The number of rotatable bonds is 6. The maximum absolute atomic E-state index is 12.3. The Morgan fingerprint density at radius 3 is 2.39 bits per heavy atom. The molecule has 6 nitrogen and oxygen atoms in total. The van der Waals surface area contributed by atoms with Crippen LogP contribution >= 0.6 is 11.6 Å². The molecule has 3 rings (SSSR count). The Balaban J connectivity index is 1.42. The number of hydrogen-bond acceptors (Lipinski definition) is 5. The highest BCUT2D eigenvalue weighted by Crippen LogP contribution is 2.20. The molecule has 0 aliphatic carbocycles. The van der Waals surface area contributed by atoms with Crippen molar-refractivity contribution in [2.45, 2.75) is 6.42 Å². The van der Waals surface area contributed by atoms with Crippen molar-refractivity contribution in [3.05, 3.63) is 59.1 Å². The summed E-state index contributed by atoms with van der Waals surface area (Å²) in [5.74, 6) is 0.133. The molecule has 0 bridgehead atoms. The van der Waals surface area contributed by atoms with Gasteiger partial charge in [0.25, 0.3) is 5.91 Å². The molecule has 1 heterocycles. The molecule has 0 aromatic heterocycles. The molecule has 28 heavy (non-hydrogen) atoms. The molecule has 7 heteroatoms. The van der Waals surface area contributed by atoms with Crippen molar-refractivity contribution in [2.24, 2.45) is 0 Å². The minimum absolute atomic E-state index is 0.125. The van der Waals surface area contributed by atoms with E-state index in [0.717, 1.165) is 17.0 Å². The zero-order valence-electron chi connectivity index (χ0n) is 15.8. The lowest BCUT2D eigenvalue weighted by Crippen LogP contribution is -2.50. The second-order valence-electron chi connectivity index (χ2n) is 6.53. The van der Waals surface area contributed by atoms with Crippen LogP contribution in [0.3, 0.4) is 0 Å². The van der Waals surface area contributed by atoms with E-state index < -0.39 is 5.97 Å². The zero-order valence-corrected chi connectivity index (χ0v) is 16.5. The van der Waals surface area contributed by atoms with Gasteiger partial charge in [0.1, 0.15) is 5.75 Å². The van der Waals surface area contributed by atoms with Crippen LogP contribution in [0.15, 0.2) is 48.5 Å². The fourth-order valence-electron chi connectivity index (χ4n) is 3.08. The van der Waals surface area contributed by atoms with E-state index in [1.54, 1.807) is 36.3 Å². The van der Waals surface area contributed by atoms with Crippen molar-refractivity contribution in [3.63, 3.8) is 0 Å². The van der Waals surface area contributed by atoms with Gasteiger partial charge in [0, 0.05) is 36.9 Å². The first kappa shape index (κ1) is 20.0. The summed E-state index contributed by atoms with van der Waals surface area (Å²) in [6, 6.07) is 14.8. The van der Waals surface area contributed by atoms with Crippen molar-refractivity contribution < 1.29 is 19.1 Å². The summed E-state index contributed by atoms with van der Waals surface area (Å²) in [4.78, 5) is 28.2. The molecule has 2 aromatic rings. The molecule has 1 aliphatic rings. The topological polar surface area (TPSA) is 59.1 Å². The van der Waals surface area contributed by atoms with Crippen LogP contribution in [0.1, 0.15) is 5.56 Å². The maximum atomic E-state index is 12.3. The third-order valence-corrected chi connectivity index (χ3v) is 4.90. The van der Waals surface area contributed by atoms with Gasteiger partial charge >= 0.3 is 5.97 Å². The quantitative estimate of drug-likeness (QED) is 0.695. The molecule has 0 N–H and O–H groups in total. The van der Waals surface area contributed by atoms with Crippen LogP contribution in [0.2, 0.25) is 5.02 Å². The highest BCUT2D eigenvalue weighted by Gasteiger charge is 2.22. The molecule has 148 valence electrons. The van der Waals surface area contributed by atoms with Crippen molar-refractivity contribution in [2.75, 3.05) is 44.8 Å². The Morgan fingerprint density at radius 1 is 1.04 bits per heavy atom. The van der Waals surface area contributed by atoms with Crippen LogP contribution in [-0.2, 0) is 20.7 Å². The lowest BCUT2D eigenvalue weighted by atomic mass is 10.1. The molecule has 0 saturated carbocycles. The first-order chi connectivity index (χ1) is 13.5. The first-order valence-electron chi connectivity index (χ1n) is 9.12. The van der Waals surface area contributed by atoms with E-state index in [1.807, 2.05) is 24.3 Å². The number of methoxy groups -OCH3 is 1. The Bertz CT molecular complexity index is 817. The van der Waals surface area contributed by atoms with Crippen LogP contribution in [0.5, 0.6) is 5.75 Å². The Morgan fingerprint density at radius 2 is 1.75 bits per heavy atom.